The highest BCUT2D eigenvalue weighted by atomic mass is 16.5. The number of aliphatic hydroxyl groups is 1. The summed E-state index contributed by atoms with van der Waals surface area (Å²) in [6.45, 7) is 1.81. The first-order chi connectivity index (χ1) is 6.74. The van der Waals surface area contributed by atoms with Gasteiger partial charge < -0.3 is 9.84 Å². The number of benzene rings is 1. The summed E-state index contributed by atoms with van der Waals surface area (Å²) < 4.78 is 5.25. The molecule has 0 bridgehead atoms. The fourth-order valence-corrected chi connectivity index (χ4v) is 1.93. The molecule has 0 spiro atoms. The zero-order valence-corrected chi connectivity index (χ0v) is 8.40. The molecule has 0 heterocycles. The van der Waals surface area contributed by atoms with Gasteiger partial charge in [0, 0.05) is 11.5 Å². The maximum atomic E-state index is 9.57. The largest absolute Gasteiger partial charge is 0.496 e. The minimum absolute atomic E-state index is 0.111. The Morgan fingerprint density at radius 3 is 2.86 bits per heavy atom. The summed E-state index contributed by atoms with van der Waals surface area (Å²) in [4.78, 5) is 0. The van der Waals surface area contributed by atoms with Crippen molar-refractivity contribution in [3.8, 4) is 5.75 Å². The first kappa shape index (κ1) is 9.28. The SMILES string of the molecule is COc1cccc2c1C=CC2C(C)O. The maximum Gasteiger partial charge on any atom is 0.126 e. The predicted octanol–water partition coefficient (Wildman–Crippen LogP) is 2.19. The average Bonchev–Trinajstić information content (AvgIpc) is 2.60. The monoisotopic (exact) mass is 190 g/mol. The molecule has 14 heavy (non-hydrogen) atoms. The number of fused-ring (bicyclic) bond motifs is 1. The summed E-state index contributed by atoms with van der Waals surface area (Å²) in [6.07, 6.45) is 3.70. The van der Waals surface area contributed by atoms with Crippen molar-refractivity contribution < 1.29 is 9.84 Å². The number of hydrogen-bond donors (Lipinski definition) is 1. The van der Waals surface area contributed by atoms with Crippen LogP contribution in [0.5, 0.6) is 5.75 Å². The van der Waals surface area contributed by atoms with Gasteiger partial charge in [-0.25, -0.2) is 0 Å². The molecule has 0 fully saturated rings. The Bertz CT molecular complexity index is 367. The van der Waals surface area contributed by atoms with Gasteiger partial charge >= 0.3 is 0 Å². The van der Waals surface area contributed by atoms with Gasteiger partial charge in [0.2, 0.25) is 0 Å². The lowest BCUT2D eigenvalue weighted by Gasteiger charge is -2.14. The number of aliphatic hydroxyl groups excluding tert-OH is 1. The molecule has 0 saturated carbocycles. The number of hydrogen-bond acceptors (Lipinski definition) is 2. The van der Waals surface area contributed by atoms with Crippen molar-refractivity contribution in [1.82, 2.24) is 0 Å². The normalized spacial score (nSPS) is 20.6. The molecule has 1 N–H and O–H groups in total. The molecule has 1 aromatic rings. The molecular weight excluding hydrogens is 176 g/mol. The topological polar surface area (TPSA) is 29.5 Å². The molecule has 1 aromatic carbocycles. The quantitative estimate of drug-likeness (QED) is 0.774. The third-order valence-electron chi connectivity index (χ3n) is 2.67. The lowest BCUT2D eigenvalue weighted by Crippen LogP contribution is -2.10. The van der Waals surface area contributed by atoms with Crippen molar-refractivity contribution in [2.45, 2.75) is 18.9 Å². The van der Waals surface area contributed by atoms with E-state index in [4.69, 9.17) is 4.74 Å². The molecule has 1 aliphatic carbocycles. The zero-order valence-electron chi connectivity index (χ0n) is 8.40. The van der Waals surface area contributed by atoms with Gasteiger partial charge in [0.15, 0.2) is 0 Å². The van der Waals surface area contributed by atoms with Crippen LogP contribution in [0.25, 0.3) is 6.08 Å². The average molecular weight is 190 g/mol. The Morgan fingerprint density at radius 2 is 2.21 bits per heavy atom. The summed E-state index contributed by atoms with van der Waals surface area (Å²) in [6, 6.07) is 5.93. The van der Waals surface area contributed by atoms with Crippen LogP contribution in [0.4, 0.5) is 0 Å². The Morgan fingerprint density at radius 1 is 1.43 bits per heavy atom. The molecule has 0 aliphatic heterocycles. The van der Waals surface area contributed by atoms with E-state index in [2.05, 4.69) is 0 Å². The van der Waals surface area contributed by atoms with E-state index in [0.717, 1.165) is 16.9 Å². The predicted molar refractivity (Wildman–Crippen MR) is 56.4 cm³/mol. The zero-order chi connectivity index (χ0) is 10.1. The van der Waals surface area contributed by atoms with Crippen molar-refractivity contribution in [3.63, 3.8) is 0 Å². The molecule has 0 radical (unpaired) electrons. The van der Waals surface area contributed by atoms with Gasteiger partial charge in [-0.15, -0.1) is 0 Å². The first-order valence-corrected chi connectivity index (χ1v) is 4.77. The van der Waals surface area contributed by atoms with Crippen molar-refractivity contribution >= 4 is 6.08 Å². The lowest BCUT2D eigenvalue weighted by atomic mass is 9.96. The summed E-state index contributed by atoms with van der Waals surface area (Å²) in [7, 11) is 1.67. The van der Waals surface area contributed by atoms with Crippen molar-refractivity contribution in [3.05, 3.63) is 35.4 Å². The minimum Gasteiger partial charge on any atom is -0.496 e. The summed E-state index contributed by atoms with van der Waals surface area (Å²) in [5.41, 5.74) is 2.25. The molecular formula is C12H14O2. The molecule has 2 rings (SSSR count). The van der Waals surface area contributed by atoms with Gasteiger partial charge in [-0.05, 0) is 18.6 Å². The van der Waals surface area contributed by atoms with E-state index >= 15 is 0 Å². The number of ether oxygens (including phenoxy) is 1. The Kier molecular flexibility index (Phi) is 2.30. The third kappa shape index (κ3) is 1.32. The first-order valence-electron chi connectivity index (χ1n) is 4.77. The number of methoxy groups -OCH3 is 1. The molecule has 2 heteroatoms. The van der Waals surface area contributed by atoms with E-state index in [0.29, 0.717) is 0 Å². The van der Waals surface area contributed by atoms with Crippen molar-refractivity contribution in [2.75, 3.05) is 7.11 Å². The lowest BCUT2D eigenvalue weighted by molar-refractivity contribution is 0.180. The Balaban J connectivity index is 2.46. The third-order valence-corrected chi connectivity index (χ3v) is 2.67. The smallest absolute Gasteiger partial charge is 0.126 e. The van der Waals surface area contributed by atoms with Crippen LogP contribution in [0.2, 0.25) is 0 Å². The van der Waals surface area contributed by atoms with Gasteiger partial charge in [0.1, 0.15) is 5.75 Å². The van der Waals surface area contributed by atoms with Gasteiger partial charge in [0.05, 0.1) is 13.2 Å². The van der Waals surface area contributed by atoms with Crippen LogP contribution in [0.3, 0.4) is 0 Å². The van der Waals surface area contributed by atoms with E-state index in [9.17, 15) is 5.11 Å². The molecule has 1 aliphatic rings. The van der Waals surface area contributed by atoms with Gasteiger partial charge in [0.25, 0.3) is 0 Å². The van der Waals surface area contributed by atoms with Crippen LogP contribution in [-0.2, 0) is 0 Å². The Labute approximate surface area is 83.8 Å². The van der Waals surface area contributed by atoms with Gasteiger partial charge in [-0.1, -0.05) is 24.3 Å². The van der Waals surface area contributed by atoms with Crippen LogP contribution < -0.4 is 4.74 Å². The molecule has 74 valence electrons. The molecule has 2 atom stereocenters. The summed E-state index contributed by atoms with van der Waals surface area (Å²) in [5, 5.41) is 9.57. The highest BCUT2D eigenvalue weighted by molar-refractivity contribution is 5.68. The number of rotatable bonds is 2. The van der Waals surface area contributed by atoms with Crippen LogP contribution in [0, 0.1) is 0 Å². The second kappa shape index (κ2) is 3.46. The van der Waals surface area contributed by atoms with Crippen LogP contribution in [-0.4, -0.2) is 18.3 Å². The van der Waals surface area contributed by atoms with E-state index in [-0.39, 0.29) is 12.0 Å². The fourth-order valence-electron chi connectivity index (χ4n) is 1.93. The van der Waals surface area contributed by atoms with Crippen LogP contribution in [0.1, 0.15) is 24.0 Å². The van der Waals surface area contributed by atoms with Gasteiger partial charge in [-0.2, -0.15) is 0 Å². The van der Waals surface area contributed by atoms with E-state index in [1.165, 1.54) is 0 Å². The minimum atomic E-state index is -0.348. The molecule has 0 saturated heterocycles. The van der Waals surface area contributed by atoms with Crippen LogP contribution >= 0.6 is 0 Å². The Hall–Kier alpha value is -1.28. The molecule has 0 amide bonds. The van der Waals surface area contributed by atoms with Crippen LogP contribution in [0.15, 0.2) is 24.3 Å². The summed E-state index contributed by atoms with van der Waals surface area (Å²) >= 11 is 0. The van der Waals surface area contributed by atoms with Crippen molar-refractivity contribution in [1.29, 1.82) is 0 Å². The van der Waals surface area contributed by atoms with E-state index < -0.39 is 0 Å². The maximum absolute atomic E-state index is 9.57. The highest BCUT2D eigenvalue weighted by Crippen LogP contribution is 2.37. The van der Waals surface area contributed by atoms with E-state index in [1.807, 2.05) is 37.3 Å². The molecule has 0 aromatic heterocycles. The summed E-state index contributed by atoms with van der Waals surface area (Å²) in [5.74, 6) is 0.988. The fraction of sp³-hybridized carbons (Fsp3) is 0.333. The molecule has 2 nitrogen and oxygen atoms in total. The van der Waals surface area contributed by atoms with Gasteiger partial charge in [-0.3, -0.25) is 0 Å². The van der Waals surface area contributed by atoms with E-state index in [1.54, 1.807) is 7.11 Å². The highest BCUT2D eigenvalue weighted by Gasteiger charge is 2.23. The second-order valence-corrected chi connectivity index (χ2v) is 3.59. The second-order valence-electron chi connectivity index (χ2n) is 3.59. The molecule has 2 unspecified atom stereocenters. The standard InChI is InChI=1S/C12H14O2/c1-8(13)9-6-7-11-10(9)4-3-5-12(11)14-2/h3-9,13H,1-2H3. The van der Waals surface area contributed by atoms with Crippen molar-refractivity contribution in [2.24, 2.45) is 0 Å².